The summed E-state index contributed by atoms with van der Waals surface area (Å²) in [4.78, 5) is 10.9. The molecule has 11 atom stereocenters. The van der Waals surface area contributed by atoms with Crippen LogP contribution in [-0.2, 0) is 23.7 Å². The molecule has 2 fully saturated rings. The smallest absolute Gasteiger partial charge is 0.187 e. The van der Waals surface area contributed by atoms with Crippen LogP contribution in [-0.4, -0.2) is 122 Å². The predicted molar refractivity (Wildman–Crippen MR) is 157 cm³/mol. The second-order valence-corrected chi connectivity index (χ2v) is 11.9. The molecule has 0 aromatic carbocycles. The zero-order valence-corrected chi connectivity index (χ0v) is 25.8. The Balaban J connectivity index is 1.71. The number of unbranched alkanes of at least 4 members (excludes halogenated alkanes) is 9. The molecule has 2 heterocycles. The number of aliphatic hydroxyl groups excluding tert-OH is 7. The zero-order valence-electron chi connectivity index (χ0n) is 25.8. The summed E-state index contributed by atoms with van der Waals surface area (Å²) in [6.07, 6.45) is 2.92. The van der Waals surface area contributed by atoms with E-state index < -0.39 is 74.6 Å². The molecule has 0 amide bonds. The fraction of sp³-hybridized carbons (Fsp3) is 0.903. The molecular weight excluding hydrogens is 564 g/mol. The molecule has 0 spiro atoms. The van der Waals surface area contributed by atoms with Crippen molar-refractivity contribution in [3.05, 3.63) is 12.2 Å². The molecule has 2 aliphatic heterocycles. The fourth-order valence-corrected chi connectivity index (χ4v) is 5.39. The lowest BCUT2D eigenvalue weighted by atomic mass is 9.97. The molecule has 11 unspecified atom stereocenters. The Kier molecular flexibility index (Phi) is 18.5. The van der Waals surface area contributed by atoms with E-state index in [1.807, 2.05) is 6.92 Å². The van der Waals surface area contributed by atoms with Crippen molar-refractivity contribution in [1.29, 1.82) is 0 Å². The third kappa shape index (κ3) is 13.1. The summed E-state index contributed by atoms with van der Waals surface area (Å²) in [7, 11) is 0. The van der Waals surface area contributed by atoms with E-state index >= 15 is 0 Å². The van der Waals surface area contributed by atoms with Gasteiger partial charge < -0.3 is 59.5 Å². The molecule has 2 aliphatic rings. The summed E-state index contributed by atoms with van der Waals surface area (Å²) in [5, 5.41) is 70.7. The first-order chi connectivity index (χ1) is 20.6. The van der Waals surface area contributed by atoms with E-state index in [4.69, 9.17) is 18.9 Å². The highest BCUT2D eigenvalue weighted by Gasteiger charge is 2.51. The Morgan fingerprint density at radius 2 is 1.21 bits per heavy atom. The van der Waals surface area contributed by atoms with Gasteiger partial charge in [-0.2, -0.15) is 0 Å². The van der Waals surface area contributed by atoms with Crippen molar-refractivity contribution in [3.8, 4) is 0 Å². The van der Waals surface area contributed by atoms with E-state index in [0.717, 1.165) is 51.4 Å². The lowest BCUT2D eigenvalue weighted by Gasteiger charge is -2.46. The molecule has 43 heavy (non-hydrogen) atoms. The Morgan fingerprint density at radius 1 is 0.698 bits per heavy atom. The van der Waals surface area contributed by atoms with Crippen LogP contribution in [0.3, 0.4) is 0 Å². The van der Waals surface area contributed by atoms with Crippen molar-refractivity contribution < 1.29 is 59.5 Å². The SMILES string of the molecule is CC(=O)CCCCCCC/C=C\CCCCCCC(C)OC1OC(CO)C(O)C(O)C1OC1OC(CO)C(O)C(O)C1O. The summed E-state index contributed by atoms with van der Waals surface area (Å²) in [6, 6.07) is 0. The van der Waals surface area contributed by atoms with Gasteiger partial charge in [-0.1, -0.05) is 50.7 Å². The van der Waals surface area contributed by atoms with Crippen LogP contribution in [0.1, 0.15) is 97.3 Å². The van der Waals surface area contributed by atoms with Crippen LogP contribution in [0.4, 0.5) is 0 Å². The van der Waals surface area contributed by atoms with Gasteiger partial charge in [-0.3, -0.25) is 0 Å². The monoisotopic (exact) mass is 620 g/mol. The number of ketones is 1. The van der Waals surface area contributed by atoms with E-state index in [-0.39, 0.29) is 11.9 Å². The van der Waals surface area contributed by atoms with Crippen molar-refractivity contribution in [2.75, 3.05) is 13.2 Å². The molecule has 2 saturated heterocycles. The minimum Gasteiger partial charge on any atom is -0.394 e. The molecule has 0 aromatic rings. The van der Waals surface area contributed by atoms with Crippen molar-refractivity contribution in [2.45, 2.75) is 165 Å². The molecule has 252 valence electrons. The number of aliphatic hydroxyl groups is 7. The minimum atomic E-state index is -1.71. The molecule has 12 nitrogen and oxygen atoms in total. The average molecular weight is 621 g/mol. The quantitative estimate of drug-likeness (QED) is 0.0717. The van der Waals surface area contributed by atoms with Crippen LogP contribution < -0.4 is 0 Å². The normalized spacial score (nSPS) is 34.1. The number of rotatable bonds is 21. The standard InChI is InChI=1S/C31H56O12/c1-20(34)16-14-12-10-8-6-4-3-5-7-9-11-13-15-17-21(2)40-31-29(27(38)25(36)23(19-33)42-31)43-30-28(39)26(37)24(35)22(18-32)41-30/h3,5,21-33,35-39H,4,6-19H2,1-2H3/b5-3-. The predicted octanol–water partition coefficient (Wildman–Crippen LogP) is 1.23. The highest BCUT2D eigenvalue weighted by Crippen LogP contribution is 2.30. The molecule has 7 N–H and O–H groups in total. The molecule has 0 aromatic heterocycles. The largest absolute Gasteiger partial charge is 0.394 e. The lowest BCUT2D eigenvalue weighted by molar-refractivity contribution is -0.371. The third-order valence-corrected chi connectivity index (χ3v) is 8.13. The van der Waals surface area contributed by atoms with Gasteiger partial charge in [0.1, 0.15) is 54.6 Å². The molecule has 0 bridgehead atoms. The van der Waals surface area contributed by atoms with Gasteiger partial charge in [0.15, 0.2) is 12.6 Å². The van der Waals surface area contributed by atoms with Crippen molar-refractivity contribution >= 4 is 5.78 Å². The van der Waals surface area contributed by atoms with Crippen LogP contribution in [0.15, 0.2) is 12.2 Å². The second kappa shape index (κ2) is 20.9. The number of hydrogen-bond acceptors (Lipinski definition) is 12. The van der Waals surface area contributed by atoms with Crippen molar-refractivity contribution in [2.24, 2.45) is 0 Å². The van der Waals surface area contributed by atoms with Gasteiger partial charge in [0, 0.05) is 6.42 Å². The number of ether oxygens (including phenoxy) is 4. The van der Waals surface area contributed by atoms with Crippen LogP contribution in [0, 0.1) is 0 Å². The second-order valence-electron chi connectivity index (χ2n) is 11.9. The van der Waals surface area contributed by atoms with Gasteiger partial charge in [0.25, 0.3) is 0 Å². The summed E-state index contributed by atoms with van der Waals surface area (Å²) < 4.78 is 22.8. The maximum Gasteiger partial charge on any atom is 0.187 e. The molecule has 12 heteroatoms. The fourth-order valence-electron chi connectivity index (χ4n) is 5.39. The Morgan fingerprint density at radius 3 is 1.79 bits per heavy atom. The number of Topliss-reactive ketones (excluding diaryl/α,β-unsaturated/α-hetero) is 1. The first kappa shape index (κ1) is 38.2. The highest BCUT2D eigenvalue weighted by molar-refractivity contribution is 5.75. The first-order valence-electron chi connectivity index (χ1n) is 16.0. The van der Waals surface area contributed by atoms with E-state index in [2.05, 4.69) is 12.2 Å². The molecular formula is C31H56O12. The third-order valence-electron chi connectivity index (χ3n) is 8.13. The summed E-state index contributed by atoms with van der Waals surface area (Å²) in [6.45, 7) is 2.26. The number of carbonyl (C=O) groups is 1. The molecule has 2 rings (SSSR count). The van der Waals surface area contributed by atoms with Crippen LogP contribution in [0.2, 0.25) is 0 Å². The van der Waals surface area contributed by atoms with Gasteiger partial charge in [-0.25, -0.2) is 0 Å². The van der Waals surface area contributed by atoms with Gasteiger partial charge in [0.2, 0.25) is 0 Å². The first-order valence-corrected chi connectivity index (χ1v) is 16.0. The van der Waals surface area contributed by atoms with Gasteiger partial charge in [0.05, 0.1) is 19.3 Å². The van der Waals surface area contributed by atoms with E-state index in [1.165, 1.54) is 19.3 Å². The summed E-state index contributed by atoms with van der Waals surface area (Å²) in [5.41, 5.74) is 0. The van der Waals surface area contributed by atoms with Gasteiger partial charge in [-0.05, 0) is 52.4 Å². The summed E-state index contributed by atoms with van der Waals surface area (Å²) in [5.74, 6) is 0.273. The topological polar surface area (TPSA) is 196 Å². The number of carbonyl (C=O) groups excluding carboxylic acids is 1. The molecule has 0 saturated carbocycles. The number of allylic oxidation sites excluding steroid dienone is 2. The Hall–Kier alpha value is -1.03. The van der Waals surface area contributed by atoms with Gasteiger partial charge >= 0.3 is 0 Å². The van der Waals surface area contributed by atoms with Gasteiger partial charge in [-0.15, -0.1) is 0 Å². The minimum absolute atomic E-state index is 0.273. The van der Waals surface area contributed by atoms with E-state index in [1.54, 1.807) is 6.92 Å². The Bertz CT molecular complexity index is 780. The maximum absolute atomic E-state index is 10.9. The van der Waals surface area contributed by atoms with E-state index in [0.29, 0.717) is 12.8 Å². The lowest BCUT2D eigenvalue weighted by Crippen LogP contribution is -2.64. The van der Waals surface area contributed by atoms with Crippen molar-refractivity contribution in [3.63, 3.8) is 0 Å². The van der Waals surface area contributed by atoms with Crippen LogP contribution >= 0.6 is 0 Å². The van der Waals surface area contributed by atoms with Crippen LogP contribution in [0.5, 0.6) is 0 Å². The zero-order chi connectivity index (χ0) is 31.8. The Labute approximate surface area is 255 Å². The molecule has 0 radical (unpaired) electrons. The average Bonchev–Trinajstić information content (AvgIpc) is 2.98. The number of hydrogen-bond donors (Lipinski definition) is 7. The summed E-state index contributed by atoms with van der Waals surface area (Å²) >= 11 is 0. The highest BCUT2D eigenvalue weighted by atomic mass is 16.8. The van der Waals surface area contributed by atoms with Crippen molar-refractivity contribution in [1.82, 2.24) is 0 Å². The van der Waals surface area contributed by atoms with E-state index in [9.17, 15) is 40.5 Å². The molecule has 0 aliphatic carbocycles. The van der Waals surface area contributed by atoms with Crippen LogP contribution in [0.25, 0.3) is 0 Å². The maximum atomic E-state index is 10.9.